The van der Waals surface area contributed by atoms with Crippen molar-refractivity contribution in [3.05, 3.63) is 71.9 Å². The number of rotatable bonds is 4. The highest BCUT2D eigenvalue weighted by Crippen LogP contribution is 2.39. The summed E-state index contributed by atoms with van der Waals surface area (Å²) < 4.78 is 5.18. The van der Waals surface area contributed by atoms with Gasteiger partial charge in [0.25, 0.3) is 0 Å². The van der Waals surface area contributed by atoms with Gasteiger partial charge >= 0.3 is 0 Å². The Bertz CT molecular complexity index is 966. The minimum Gasteiger partial charge on any atom is -0.497 e. The third-order valence-corrected chi connectivity index (χ3v) is 5.50. The molecule has 1 heterocycles. The first-order chi connectivity index (χ1) is 14.0. The zero-order valence-electron chi connectivity index (χ0n) is 16.1. The van der Waals surface area contributed by atoms with Gasteiger partial charge in [-0.25, -0.2) is 0 Å². The molecule has 6 heteroatoms. The normalized spacial score (nSPS) is 23.5. The van der Waals surface area contributed by atoms with Crippen molar-refractivity contribution in [2.75, 3.05) is 12.4 Å². The highest BCUT2D eigenvalue weighted by Gasteiger charge is 2.44. The van der Waals surface area contributed by atoms with E-state index in [-0.39, 0.29) is 29.9 Å². The Labute approximate surface area is 168 Å². The fourth-order valence-electron chi connectivity index (χ4n) is 4.05. The number of ketones is 1. The van der Waals surface area contributed by atoms with Crippen LogP contribution in [0.3, 0.4) is 0 Å². The Morgan fingerprint density at radius 3 is 2.45 bits per heavy atom. The van der Waals surface area contributed by atoms with Crippen molar-refractivity contribution in [3.8, 4) is 5.75 Å². The van der Waals surface area contributed by atoms with Gasteiger partial charge in [0.2, 0.25) is 11.8 Å². The molecular formula is C23H22N2O4. The van der Waals surface area contributed by atoms with Gasteiger partial charge in [-0.2, -0.15) is 0 Å². The van der Waals surface area contributed by atoms with Gasteiger partial charge in [0.05, 0.1) is 18.9 Å². The van der Waals surface area contributed by atoms with E-state index in [0.717, 1.165) is 11.3 Å². The van der Waals surface area contributed by atoms with Crippen LogP contribution in [0.15, 0.2) is 66.4 Å². The molecule has 0 aromatic heterocycles. The quantitative estimate of drug-likeness (QED) is 0.841. The molecule has 148 valence electrons. The van der Waals surface area contributed by atoms with Crippen LogP contribution in [0.25, 0.3) is 0 Å². The Kier molecular flexibility index (Phi) is 5.16. The van der Waals surface area contributed by atoms with Crippen LogP contribution in [-0.2, 0) is 14.4 Å². The highest BCUT2D eigenvalue weighted by molar-refractivity contribution is 6.02. The molecule has 1 aliphatic carbocycles. The van der Waals surface area contributed by atoms with E-state index in [1.807, 2.05) is 48.5 Å². The predicted molar refractivity (Wildman–Crippen MR) is 108 cm³/mol. The molecule has 6 nitrogen and oxygen atoms in total. The molecule has 4 rings (SSSR count). The Morgan fingerprint density at radius 2 is 1.76 bits per heavy atom. The molecule has 3 atom stereocenters. The largest absolute Gasteiger partial charge is 0.497 e. The smallest absolute Gasteiger partial charge is 0.229 e. The summed E-state index contributed by atoms with van der Waals surface area (Å²) >= 11 is 0. The van der Waals surface area contributed by atoms with Crippen molar-refractivity contribution in [2.24, 2.45) is 11.8 Å². The molecule has 0 saturated carbocycles. The summed E-state index contributed by atoms with van der Waals surface area (Å²) in [7, 11) is 1.60. The maximum Gasteiger partial charge on any atom is 0.229 e. The molecule has 0 radical (unpaired) electrons. The van der Waals surface area contributed by atoms with E-state index >= 15 is 0 Å². The summed E-state index contributed by atoms with van der Waals surface area (Å²) in [6, 6.07) is 16.6. The number of para-hydroxylation sites is 1. The third-order valence-electron chi connectivity index (χ3n) is 5.50. The summed E-state index contributed by atoms with van der Waals surface area (Å²) in [5.41, 5.74) is 2.15. The molecule has 29 heavy (non-hydrogen) atoms. The van der Waals surface area contributed by atoms with Crippen molar-refractivity contribution in [1.29, 1.82) is 0 Å². The number of carbonyl (C=O) groups is 3. The lowest BCUT2D eigenvalue weighted by molar-refractivity contribution is -0.136. The zero-order valence-corrected chi connectivity index (χ0v) is 16.1. The second kappa shape index (κ2) is 7.91. The van der Waals surface area contributed by atoms with E-state index in [9.17, 15) is 14.4 Å². The molecular weight excluding hydrogens is 368 g/mol. The lowest BCUT2D eigenvalue weighted by atomic mass is 9.72. The van der Waals surface area contributed by atoms with Crippen molar-refractivity contribution in [3.63, 3.8) is 0 Å². The van der Waals surface area contributed by atoms with E-state index < -0.39 is 11.8 Å². The van der Waals surface area contributed by atoms with Gasteiger partial charge in [-0.1, -0.05) is 36.4 Å². The number of nitrogens with one attached hydrogen (secondary N) is 2. The fourth-order valence-corrected chi connectivity index (χ4v) is 4.05. The second-order valence-corrected chi connectivity index (χ2v) is 7.36. The first-order valence-corrected chi connectivity index (χ1v) is 9.59. The molecule has 2 amide bonds. The molecule has 2 aromatic rings. The maximum absolute atomic E-state index is 13.0. The van der Waals surface area contributed by atoms with E-state index in [1.54, 1.807) is 19.2 Å². The van der Waals surface area contributed by atoms with Gasteiger partial charge in [0.15, 0.2) is 0 Å². The summed E-state index contributed by atoms with van der Waals surface area (Å²) in [5.74, 6) is -1.31. The molecule has 2 N–H and O–H groups in total. The van der Waals surface area contributed by atoms with Gasteiger partial charge in [0, 0.05) is 30.1 Å². The summed E-state index contributed by atoms with van der Waals surface area (Å²) in [6.45, 7) is 0. The lowest BCUT2D eigenvalue weighted by Crippen LogP contribution is -2.48. The van der Waals surface area contributed by atoms with Crippen LogP contribution in [0.5, 0.6) is 5.75 Å². The number of Topliss-reactive ketones (excluding diaryl/α,β-unsaturated/α-hetero) is 1. The van der Waals surface area contributed by atoms with Crippen molar-refractivity contribution in [2.45, 2.75) is 18.8 Å². The number of piperidine rings is 1. The van der Waals surface area contributed by atoms with Gasteiger partial charge in [-0.3, -0.25) is 14.4 Å². The van der Waals surface area contributed by atoms with Crippen LogP contribution in [0.1, 0.15) is 24.3 Å². The van der Waals surface area contributed by atoms with E-state index in [0.29, 0.717) is 17.8 Å². The third kappa shape index (κ3) is 3.92. The summed E-state index contributed by atoms with van der Waals surface area (Å²) in [6.07, 6.45) is 2.21. The van der Waals surface area contributed by atoms with Crippen molar-refractivity contribution < 1.29 is 19.1 Å². The zero-order chi connectivity index (χ0) is 20.4. The van der Waals surface area contributed by atoms with Crippen LogP contribution in [0.2, 0.25) is 0 Å². The molecule has 2 aromatic carbocycles. The average molecular weight is 390 g/mol. The van der Waals surface area contributed by atoms with Crippen LogP contribution >= 0.6 is 0 Å². The second-order valence-electron chi connectivity index (χ2n) is 7.36. The van der Waals surface area contributed by atoms with Gasteiger partial charge in [0.1, 0.15) is 11.5 Å². The average Bonchev–Trinajstić information content (AvgIpc) is 2.73. The standard InChI is InChI=1S/C23H22N2O4/c1-29-17-9-7-14(8-10-17)15-11-19-22(20(26)12-15)18(13-21(27)25-19)23(28)24-16-5-3-2-4-6-16/h2-11,15,18,22H,12-13H2,1H3,(H,24,28)(H,25,27)/t15-,18-,22-/m0/s1. The van der Waals surface area contributed by atoms with Crippen molar-refractivity contribution in [1.82, 2.24) is 5.32 Å². The van der Waals surface area contributed by atoms with E-state index in [1.165, 1.54) is 0 Å². The molecule has 0 unspecified atom stereocenters. The molecule has 1 fully saturated rings. The summed E-state index contributed by atoms with van der Waals surface area (Å²) in [4.78, 5) is 38.1. The minimum absolute atomic E-state index is 0.000381. The van der Waals surface area contributed by atoms with Gasteiger partial charge < -0.3 is 15.4 Å². The SMILES string of the molecule is COc1ccc([C@H]2C=C3NC(=O)C[C@H](C(=O)Nc4ccccc4)[C@@H]3C(=O)C2)cc1. The lowest BCUT2D eigenvalue weighted by Gasteiger charge is -2.36. The number of ether oxygens (including phenoxy) is 1. The number of allylic oxidation sites excluding steroid dienone is 2. The molecule has 0 spiro atoms. The minimum atomic E-state index is -0.709. The van der Waals surface area contributed by atoms with E-state index in [4.69, 9.17) is 4.74 Å². The number of benzene rings is 2. The van der Waals surface area contributed by atoms with E-state index in [2.05, 4.69) is 10.6 Å². The number of anilines is 1. The van der Waals surface area contributed by atoms with Crippen LogP contribution < -0.4 is 15.4 Å². The van der Waals surface area contributed by atoms with Crippen LogP contribution in [0, 0.1) is 11.8 Å². The Balaban J connectivity index is 1.59. The topological polar surface area (TPSA) is 84.5 Å². The van der Waals surface area contributed by atoms with Gasteiger partial charge in [-0.15, -0.1) is 0 Å². The van der Waals surface area contributed by atoms with Crippen molar-refractivity contribution >= 4 is 23.3 Å². The highest BCUT2D eigenvalue weighted by atomic mass is 16.5. The number of methoxy groups -OCH3 is 1. The molecule has 1 aliphatic heterocycles. The fraction of sp³-hybridized carbons (Fsp3) is 0.261. The van der Waals surface area contributed by atoms with Crippen LogP contribution in [-0.4, -0.2) is 24.7 Å². The molecule has 0 bridgehead atoms. The monoisotopic (exact) mass is 390 g/mol. The van der Waals surface area contributed by atoms with Gasteiger partial charge in [-0.05, 0) is 29.8 Å². The Hall–Kier alpha value is -3.41. The summed E-state index contributed by atoms with van der Waals surface area (Å²) in [5, 5.41) is 5.65. The molecule has 2 aliphatic rings. The number of carbonyl (C=O) groups excluding carboxylic acids is 3. The maximum atomic E-state index is 13.0. The molecule has 1 saturated heterocycles. The first kappa shape index (κ1) is 18.9. The first-order valence-electron chi connectivity index (χ1n) is 9.59. The number of hydrogen-bond acceptors (Lipinski definition) is 4. The number of amides is 2. The number of hydrogen-bond donors (Lipinski definition) is 2. The number of fused-ring (bicyclic) bond motifs is 1. The van der Waals surface area contributed by atoms with Crippen LogP contribution in [0.4, 0.5) is 5.69 Å². The predicted octanol–water partition coefficient (Wildman–Crippen LogP) is 3.03. The Morgan fingerprint density at radius 1 is 1.03 bits per heavy atom.